The lowest BCUT2D eigenvalue weighted by atomic mass is 10.3. The van der Waals surface area contributed by atoms with Gasteiger partial charge in [0.15, 0.2) is 0 Å². The van der Waals surface area contributed by atoms with Crippen molar-refractivity contribution in [2.75, 3.05) is 5.32 Å². The Kier molecular flexibility index (Phi) is 4.81. The highest BCUT2D eigenvalue weighted by atomic mass is 32.1. The van der Waals surface area contributed by atoms with Crippen LogP contribution in [0, 0.1) is 12.7 Å². The molecule has 3 rings (SSSR count). The molecule has 0 fully saturated rings. The van der Waals surface area contributed by atoms with E-state index in [1.54, 1.807) is 43.6 Å². The second-order valence-electron chi connectivity index (χ2n) is 4.93. The Morgan fingerprint density at radius 1 is 1.29 bits per heavy atom. The predicted octanol–water partition coefficient (Wildman–Crippen LogP) is 3.82. The van der Waals surface area contributed by atoms with E-state index in [1.165, 1.54) is 23.5 Å². The minimum absolute atomic E-state index is 0.142. The number of carbonyl (C=O) groups is 1. The number of amides is 1. The molecule has 5 nitrogen and oxygen atoms in total. The molecule has 0 aliphatic rings. The zero-order chi connectivity index (χ0) is 16.9. The van der Waals surface area contributed by atoms with Crippen LogP contribution in [0.25, 0.3) is 0 Å². The molecule has 0 saturated carbocycles. The normalized spacial score (nSPS) is 10.4. The fraction of sp³-hybridized carbons (Fsp3) is 0.118. The average Bonchev–Trinajstić information content (AvgIpc) is 2.97. The quantitative estimate of drug-likeness (QED) is 0.765. The number of rotatable bonds is 5. The van der Waals surface area contributed by atoms with E-state index >= 15 is 0 Å². The molecule has 2 heterocycles. The number of pyridine rings is 1. The fourth-order valence-corrected chi connectivity index (χ4v) is 2.92. The third-order valence-electron chi connectivity index (χ3n) is 3.17. The number of thiazole rings is 1. The summed E-state index contributed by atoms with van der Waals surface area (Å²) in [6.45, 7) is 1.98. The van der Waals surface area contributed by atoms with Crippen molar-refractivity contribution in [3.05, 3.63) is 70.2 Å². The van der Waals surface area contributed by atoms with Crippen molar-refractivity contribution in [1.82, 2.24) is 9.97 Å². The van der Waals surface area contributed by atoms with Gasteiger partial charge in [-0.1, -0.05) is 12.1 Å². The Morgan fingerprint density at radius 3 is 2.88 bits per heavy atom. The first-order valence-electron chi connectivity index (χ1n) is 7.18. The maximum Gasteiger partial charge on any atom is 0.267 e. The largest absolute Gasteiger partial charge is 0.485 e. The molecule has 0 spiro atoms. The maximum absolute atomic E-state index is 13.6. The van der Waals surface area contributed by atoms with Crippen molar-refractivity contribution in [3.63, 3.8) is 0 Å². The molecule has 1 N–H and O–H groups in total. The Morgan fingerprint density at radius 2 is 2.12 bits per heavy atom. The van der Waals surface area contributed by atoms with E-state index in [0.29, 0.717) is 21.3 Å². The van der Waals surface area contributed by atoms with E-state index in [9.17, 15) is 9.18 Å². The van der Waals surface area contributed by atoms with Crippen molar-refractivity contribution >= 4 is 22.9 Å². The van der Waals surface area contributed by atoms with E-state index in [1.807, 2.05) is 0 Å². The van der Waals surface area contributed by atoms with Crippen LogP contribution in [0.4, 0.5) is 10.1 Å². The first-order valence-corrected chi connectivity index (χ1v) is 8.00. The van der Waals surface area contributed by atoms with E-state index in [-0.39, 0.29) is 18.2 Å². The van der Waals surface area contributed by atoms with Crippen molar-refractivity contribution < 1.29 is 13.9 Å². The summed E-state index contributed by atoms with van der Waals surface area (Å²) in [6.07, 6.45) is 3.26. The van der Waals surface area contributed by atoms with E-state index < -0.39 is 5.82 Å². The summed E-state index contributed by atoms with van der Waals surface area (Å²) in [5, 5.41) is 3.22. The number of anilines is 1. The Bertz CT molecular complexity index is 852. The molecule has 0 atom stereocenters. The molecule has 0 unspecified atom stereocenters. The van der Waals surface area contributed by atoms with Gasteiger partial charge in [0, 0.05) is 6.20 Å². The molecule has 0 aliphatic carbocycles. The molecule has 0 saturated heterocycles. The number of hydrogen-bond donors (Lipinski definition) is 1. The summed E-state index contributed by atoms with van der Waals surface area (Å²) >= 11 is 1.22. The molecule has 3 aromatic rings. The second kappa shape index (κ2) is 7.18. The van der Waals surface area contributed by atoms with Gasteiger partial charge in [0.25, 0.3) is 5.91 Å². The van der Waals surface area contributed by atoms with Crippen LogP contribution in [0.15, 0.2) is 48.8 Å². The van der Waals surface area contributed by atoms with Crippen molar-refractivity contribution in [2.24, 2.45) is 0 Å². The number of aromatic nitrogens is 2. The van der Waals surface area contributed by atoms with Crippen LogP contribution in [-0.4, -0.2) is 15.9 Å². The van der Waals surface area contributed by atoms with E-state index in [4.69, 9.17) is 4.74 Å². The molecule has 1 aromatic carbocycles. The number of nitrogens with one attached hydrogen (secondary N) is 1. The molecule has 0 bridgehead atoms. The predicted molar refractivity (Wildman–Crippen MR) is 89.8 cm³/mol. The van der Waals surface area contributed by atoms with Crippen LogP contribution < -0.4 is 10.1 Å². The summed E-state index contributed by atoms with van der Waals surface area (Å²) in [4.78, 5) is 21.0. The van der Waals surface area contributed by atoms with Gasteiger partial charge in [-0.15, -0.1) is 11.3 Å². The van der Waals surface area contributed by atoms with Gasteiger partial charge in [-0.3, -0.25) is 9.78 Å². The number of aryl methyl sites for hydroxylation is 1. The number of halogens is 1. The number of hydrogen-bond acceptors (Lipinski definition) is 5. The Balaban J connectivity index is 1.69. The van der Waals surface area contributed by atoms with Crippen LogP contribution in [0.5, 0.6) is 5.75 Å². The maximum atomic E-state index is 13.6. The fourth-order valence-electron chi connectivity index (χ4n) is 2.04. The summed E-state index contributed by atoms with van der Waals surface area (Å²) in [5.41, 5.74) is 0.724. The van der Waals surface area contributed by atoms with Gasteiger partial charge < -0.3 is 10.1 Å². The highest BCUT2D eigenvalue weighted by molar-refractivity contribution is 7.13. The van der Waals surface area contributed by atoms with Crippen LogP contribution in [0.1, 0.15) is 20.4 Å². The Labute approximate surface area is 142 Å². The summed E-state index contributed by atoms with van der Waals surface area (Å²) in [6, 6.07) is 9.59. The molecule has 0 aliphatic heterocycles. The van der Waals surface area contributed by atoms with E-state index in [2.05, 4.69) is 15.3 Å². The zero-order valence-electron chi connectivity index (χ0n) is 12.8. The SMILES string of the molecule is Cc1nc(COc2cccnc2)sc1C(=O)Nc1ccccc1F. The van der Waals surface area contributed by atoms with Gasteiger partial charge in [0.05, 0.1) is 17.6 Å². The third kappa shape index (κ3) is 3.75. The zero-order valence-corrected chi connectivity index (χ0v) is 13.6. The lowest BCUT2D eigenvalue weighted by Crippen LogP contribution is -2.12. The highest BCUT2D eigenvalue weighted by Gasteiger charge is 2.17. The van der Waals surface area contributed by atoms with Gasteiger partial charge in [-0.2, -0.15) is 0 Å². The topological polar surface area (TPSA) is 64.1 Å². The molecule has 24 heavy (non-hydrogen) atoms. The van der Waals surface area contributed by atoms with Crippen LogP contribution in [0.2, 0.25) is 0 Å². The molecule has 7 heteroatoms. The van der Waals surface area contributed by atoms with Crippen molar-refractivity contribution in [2.45, 2.75) is 13.5 Å². The van der Waals surface area contributed by atoms with E-state index in [0.717, 1.165) is 0 Å². The number of benzene rings is 1. The Hall–Kier alpha value is -2.80. The molecule has 122 valence electrons. The minimum Gasteiger partial charge on any atom is -0.485 e. The van der Waals surface area contributed by atoms with Crippen LogP contribution >= 0.6 is 11.3 Å². The van der Waals surface area contributed by atoms with Crippen molar-refractivity contribution in [1.29, 1.82) is 0 Å². The average molecular weight is 343 g/mol. The minimum atomic E-state index is -0.479. The summed E-state index contributed by atoms with van der Waals surface area (Å²) in [7, 11) is 0. The van der Waals surface area contributed by atoms with Crippen molar-refractivity contribution in [3.8, 4) is 5.75 Å². The van der Waals surface area contributed by atoms with Gasteiger partial charge in [-0.25, -0.2) is 9.37 Å². The summed E-state index contributed by atoms with van der Waals surface area (Å²) in [5.74, 6) is -0.237. The number of ether oxygens (including phenoxy) is 1. The third-order valence-corrected chi connectivity index (χ3v) is 4.30. The van der Waals surface area contributed by atoms with Gasteiger partial charge in [0.1, 0.15) is 28.1 Å². The molecule has 0 radical (unpaired) electrons. The molecular weight excluding hydrogens is 329 g/mol. The standard InChI is InChI=1S/C17H14FN3O2S/c1-11-16(17(22)21-14-7-3-2-6-13(14)18)24-15(20-11)10-23-12-5-4-8-19-9-12/h2-9H,10H2,1H3,(H,21,22). The number of carbonyl (C=O) groups excluding carboxylic acids is 1. The smallest absolute Gasteiger partial charge is 0.267 e. The summed E-state index contributed by atoms with van der Waals surface area (Å²) < 4.78 is 19.2. The van der Waals surface area contributed by atoms with Gasteiger partial charge in [-0.05, 0) is 31.2 Å². The first-order chi connectivity index (χ1) is 11.6. The second-order valence-corrected chi connectivity index (χ2v) is 6.02. The first kappa shape index (κ1) is 16.1. The molecule has 1 amide bonds. The highest BCUT2D eigenvalue weighted by Crippen LogP contribution is 2.22. The van der Waals surface area contributed by atoms with Gasteiger partial charge >= 0.3 is 0 Å². The van der Waals surface area contributed by atoms with Crippen LogP contribution in [0.3, 0.4) is 0 Å². The molecular formula is C17H14FN3O2S. The van der Waals surface area contributed by atoms with Gasteiger partial charge in [0.2, 0.25) is 0 Å². The monoisotopic (exact) mass is 343 g/mol. The lowest BCUT2D eigenvalue weighted by Gasteiger charge is -2.04. The number of para-hydroxylation sites is 1. The number of nitrogens with zero attached hydrogens (tertiary/aromatic N) is 2. The molecule has 2 aromatic heterocycles. The lowest BCUT2D eigenvalue weighted by molar-refractivity contribution is 0.102. The van der Waals surface area contributed by atoms with Crippen LogP contribution in [-0.2, 0) is 6.61 Å².